The molecule has 7 heteroatoms. The van der Waals surface area contributed by atoms with Gasteiger partial charge < -0.3 is 15.6 Å². The van der Waals surface area contributed by atoms with Crippen molar-refractivity contribution in [2.24, 2.45) is 5.73 Å². The fourth-order valence-corrected chi connectivity index (χ4v) is 1.45. The summed E-state index contributed by atoms with van der Waals surface area (Å²) in [7, 11) is 0. The zero-order valence-electron chi connectivity index (χ0n) is 7.53. The Balaban J connectivity index is 2.95. The third-order valence-electron chi connectivity index (χ3n) is 1.63. The van der Waals surface area contributed by atoms with Crippen LogP contribution in [-0.2, 0) is 11.1 Å². The van der Waals surface area contributed by atoms with Crippen LogP contribution < -0.4 is 11.1 Å². The van der Waals surface area contributed by atoms with E-state index in [-0.39, 0.29) is 16.4 Å². The maximum Gasteiger partial charge on any atom is 0.124 e. The van der Waals surface area contributed by atoms with E-state index >= 15 is 0 Å². The van der Waals surface area contributed by atoms with Gasteiger partial charge in [0.2, 0.25) is 0 Å². The summed E-state index contributed by atoms with van der Waals surface area (Å²) in [4.78, 5) is 0.00804. The molecule has 82 valence electrons. The number of thiocarbonyl (C=S) groups is 1. The number of hydrogen-bond acceptors (Lipinski definition) is 4. The van der Waals surface area contributed by atoms with Crippen molar-refractivity contribution in [1.29, 1.82) is 0 Å². The molecule has 0 spiro atoms. The van der Waals surface area contributed by atoms with Crippen molar-refractivity contribution in [3.8, 4) is 0 Å². The predicted molar refractivity (Wildman–Crippen MR) is 59.7 cm³/mol. The van der Waals surface area contributed by atoms with Crippen molar-refractivity contribution in [1.82, 2.24) is 0 Å². The summed E-state index contributed by atoms with van der Waals surface area (Å²) in [5.41, 5.74) is 6.04. The van der Waals surface area contributed by atoms with E-state index in [0.717, 1.165) is 6.07 Å². The fraction of sp³-hybridized carbons (Fsp3) is 0.125. The smallest absolute Gasteiger partial charge is 0.124 e. The Morgan fingerprint density at radius 1 is 1.67 bits per heavy atom. The third kappa shape index (κ3) is 3.54. The highest BCUT2D eigenvalue weighted by Crippen LogP contribution is 2.16. The van der Waals surface area contributed by atoms with Crippen molar-refractivity contribution in [2.75, 3.05) is 11.2 Å². The number of nitrogens with one attached hydrogen (secondary N) is 1. The Morgan fingerprint density at radius 2 is 2.33 bits per heavy atom. The van der Waals surface area contributed by atoms with Crippen LogP contribution in [0.3, 0.4) is 0 Å². The lowest BCUT2D eigenvalue weighted by Gasteiger charge is -2.12. The molecule has 0 heterocycles. The Hall–Kier alpha value is -1.05. The van der Waals surface area contributed by atoms with Crippen molar-refractivity contribution >= 4 is 34.0 Å². The fourth-order valence-electron chi connectivity index (χ4n) is 1.01. The number of nitrogens with two attached hydrogens (primary N) is 1. The summed E-state index contributed by atoms with van der Waals surface area (Å²) in [6, 6.07) is 3.73. The molecule has 15 heavy (non-hydrogen) atoms. The van der Waals surface area contributed by atoms with E-state index in [1.54, 1.807) is 0 Å². The lowest BCUT2D eigenvalue weighted by atomic mass is 10.2. The highest BCUT2D eigenvalue weighted by atomic mass is 32.2. The molecule has 1 rings (SSSR count). The molecule has 3 N–H and O–H groups in total. The number of benzene rings is 1. The normalized spacial score (nSPS) is 12.1. The first-order valence-corrected chi connectivity index (χ1v) is 5.55. The van der Waals surface area contributed by atoms with Gasteiger partial charge in [-0.25, -0.2) is 4.39 Å². The Kier molecular flexibility index (Phi) is 4.13. The molecule has 0 saturated carbocycles. The number of halogens is 1. The van der Waals surface area contributed by atoms with Crippen molar-refractivity contribution in [2.45, 2.75) is 0 Å². The van der Waals surface area contributed by atoms with Gasteiger partial charge in [-0.3, -0.25) is 4.21 Å². The van der Waals surface area contributed by atoms with E-state index in [2.05, 4.69) is 5.32 Å². The maximum atomic E-state index is 12.8. The highest BCUT2D eigenvalue weighted by Gasteiger charge is 2.05. The van der Waals surface area contributed by atoms with Crippen LogP contribution in [0.4, 0.5) is 10.1 Å². The number of rotatable bonds is 4. The van der Waals surface area contributed by atoms with Gasteiger partial charge in [0.1, 0.15) is 10.8 Å². The molecule has 0 aliphatic heterocycles. The van der Waals surface area contributed by atoms with E-state index in [1.165, 1.54) is 12.1 Å². The Labute approximate surface area is 94.0 Å². The lowest BCUT2D eigenvalue weighted by Crippen LogP contribution is -2.15. The molecule has 1 unspecified atom stereocenters. The van der Waals surface area contributed by atoms with Gasteiger partial charge in [-0.05, 0) is 29.3 Å². The number of anilines is 1. The SMILES string of the molecule is NC(=S)c1cc(F)ccc1NCS(=O)[O-]. The first-order valence-electron chi connectivity index (χ1n) is 3.90. The molecule has 0 aliphatic carbocycles. The quantitative estimate of drug-likeness (QED) is 0.605. The summed E-state index contributed by atoms with van der Waals surface area (Å²) < 4.78 is 33.5. The molecule has 1 atom stereocenters. The molecule has 0 radical (unpaired) electrons. The molecule has 0 aromatic heterocycles. The third-order valence-corrected chi connectivity index (χ3v) is 2.23. The minimum Gasteiger partial charge on any atom is -0.771 e. The van der Waals surface area contributed by atoms with E-state index in [4.69, 9.17) is 18.0 Å². The zero-order valence-corrected chi connectivity index (χ0v) is 9.16. The van der Waals surface area contributed by atoms with Gasteiger partial charge in [-0.15, -0.1) is 0 Å². The van der Waals surface area contributed by atoms with Crippen LogP contribution in [0.25, 0.3) is 0 Å². The van der Waals surface area contributed by atoms with Gasteiger partial charge in [0.25, 0.3) is 0 Å². The van der Waals surface area contributed by atoms with Gasteiger partial charge in [0.05, 0.1) is 5.88 Å². The summed E-state index contributed by atoms with van der Waals surface area (Å²) >= 11 is 2.47. The molecule has 0 fully saturated rings. The molecule has 0 bridgehead atoms. The minimum absolute atomic E-state index is 0.00804. The predicted octanol–water partition coefficient (Wildman–Crippen LogP) is 0.708. The Bertz CT molecular complexity index is 412. The average molecular weight is 247 g/mol. The van der Waals surface area contributed by atoms with Gasteiger partial charge in [-0.2, -0.15) is 0 Å². The second kappa shape index (κ2) is 5.15. The minimum atomic E-state index is -2.23. The maximum absolute atomic E-state index is 12.8. The largest absolute Gasteiger partial charge is 0.771 e. The zero-order chi connectivity index (χ0) is 11.4. The van der Waals surface area contributed by atoms with E-state index in [1.807, 2.05) is 0 Å². The summed E-state index contributed by atoms with van der Waals surface area (Å²) in [5, 5.41) is 2.57. The Morgan fingerprint density at radius 3 is 2.87 bits per heavy atom. The summed E-state index contributed by atoms with van der Waals surface area (Å²) in [6.45, 7) is 0. The van der Waals surface area contributed by atoms with Crippen LogP contribution >= 0.6 is 12.2 Å². The monoisotopic (exact) mass is 247 g/mol. The molecule has 0 aliphatic rings. The van der Waals surface area contributed by atoms with Crippen LogP contribution in [0, 0.1) is 5.82 Å². The van der Waals surface area contributed by atoms with Crippen LogP contribution in [0.15, 0.2) is 18.2 Å². The van der Waals surface area contributed by atoms with Crippen LogP contribution in [0.1, 0.15) is 5.56 Å². The standard InChI is InChI=1S/C8H9FN2O2S2/c9-5-1-2-7(11-4-15(12)13)6(3-5)8(10)14/h1-3,11H,4H2,(H2,10,14)(H,12,13)/p-1. The summed E-state index contributed by atoms with van der Waals surface area (Å²) in [6.07, 6.45) is 0. The second-order valence-electron chi connectivity index (χ2n) is 2.68. The topological polar surface area (TPSA) is 78.2 Å². The molecular weight excluding hydrogens is 239 g/mol. The number of hydrogen-bond donors (Lipinski definition) is 2. The van der Waals surface area contributed by atoms with E-state index in [9.17, 15) is 13.2 Å². The van der Waals surface area contributed by atoms with E-state index in [0.29, 0.717) is 5.69 Å². The van der Waals surface area contributed by atoms with Crippen molar-refractivity contribution < 1.29 is 13.2 Å². The molecule has 0 saturated heterocycles. The van der Waals surface area contributed by atoms with Gasteiger partial charge >= 0.3 is 0 Å². The van der Waals surface area contributed by atoms with Gasteiger partial charge in [0, 0.05) is 11.3 Å². The van der Waals surface area contributed by atoms with Crippen molar-refractivity contribution in [3.63, 3.8) is 0 Å². The van der Waals surface area contributed by atoms with Crippen LogP contribution in [0.2, 0.25) is 0 Å². The molecule has 0 amide bonds. The van der Waals surface area contributed by atoms with E-state index < -0.39 is 16.9 Å². The highest BCUT2D eigenvalue weighted by molar-refractivity contribution is 7.80. The lowest BCUT2D eigenvalue weighted by molar-refractivity contribution is 0.539. The molecule has 1 aromatic rings. The first kappa shape index (κ1) is 12.0. The molecule has 4 nitrogen and oxygen atoms in total. The second-order valence-corrected chi connectivity index (χ2v) is 4.02. The molecule has 1 aromatic carbocycles. The average Bonchev–Trinajstić information content (AvgIpc) is 2.15. The van der Waals surface area contributed by atoms with Crippen LogP contribution in [-0.4, -0.2) is 19.6 Å². The summed E-state index contributed by atoms with van der Waals surface area (Å²) in [5.74, 6) is -0.757. The molecular formula is C8H8FN2O2S2-. The first-order chi connectivity index (χ1) is 7.00. The van der Waals surface area contributed by atoms with Crippen LogP contribution in [0.5, 0.6) is 0 Å². The van der Waals surface area contributed by atoms with Gasteiger partial charge in [-0.1, -0.05) is 12.2 Å². The van der Waals surface area contributed by atoms with Crippen molar-refractivity contribution in [3.05, 3.63) is 29.6 Å². The van der Waals surface area contributed by atoms with Gasteiger partial charge in [0.15, 0.2) is 0 Å².